The Hall–Kier alpha value is -2.10. The van der Waals surface area contributed by atoms with E-state index >= 15 is 0 Å². The lowest BCUT2D eigenvalue weighted by Crippen LogP contribution is -2.45. The maximum Gasteiger partial charge on any atom is 0.234 e. The Morgan fingerprint density at radius 1 is 1.33 bits per heavy atom. The van der Waals surface area contributed by atoms with Crippen molar-refractivity contribution in [3.05, 3.63) is 29.8 Å². The second-order valence-corrected chi connectivity index (χ2v) is 4.59. The maximum atomic E-state index is 11.3. The Bertz CT molecular complexity index is 482. The number of nitriles is 1. The summed E-state index contributed by atoms with van der Waals surface area (Å²) in [4.78, 5) is 13.2. The van der Waals surface area contributed by atoms with Crippen molar-refractivity contribution in [3.8, 4) is 11.8 Å². The van der Waals surface area contributed by atoms with E-state index in [0.717, 1.165) is 0 Å². The summed E-state index contributed by atoms with van der Waals surface area (Å²) in [5.41, 5.74) is 5.92. The molecule has 1 rings (SSSR count). The fraction of sp³-hybridized carbons (Fsp3) is 0.467. The van der Waals surface area contributed by atoms with Gasteiger partial charge in [0, 0.05) is 20.2 Å². The van der Waals surface area contributed by atoms with Crippen molar-refractivity contribution in [1.82, 2.24) is 4.90 Å². The first kappa shape index (κ1) is 17.0. The normalized spacial score (nSPS) is 11.9. The average molecular weight is 291 g/mol. The number of nitrogens with two attached hydrogens (primary N) is 1. The van der Waals surface area contributed by atoms with Crippen LogP contribution in [0.2, 0.25) is 0 Å². The van der Waals surface area contributed by atoms with Gasteiger partial charge in [0.1, 0.15) is 12.4 Å². The van der Waals surface area contributed by atoms with Crippen molar-refractivity contribution in [2.45, 2.75) is 13.0 Å². The molecular weight excluding hydrogens is 270 g/mol. The molecule has 0 saturated carbocycles. The largest absolute Gasteiger partial charge is 0.492 e. The smallest absolute Gasteiger partial charge is 0.234 e. The Kier molecular flexibility index (Phi) is 7.23. The Morgan fingerprint density at radius 3 is 2.48 bits per heavy atom. The zero-order valence-corrected chi connectivity index (χ0v) is 12.4. The van der Waals surface area contributed by atoms with E-state index < -0.39 is 0 Å². The number of carbonyl (C=O) groups excluding carboxylic acids is 1. The lowest BCUT2D eigenvalue weighted by Gasteiger charge is -2.26. The van der Waals surface area contributed by atoms with Gasteiger partial charge in [0.2, 0.25) is 5.91 Å². The summed E-state index contributed by atoms with van der Waals surface area (Å²) < 4.78 is 10.6. The van der Waals surface area contributed by atoms with Gasteiger partial charge in [-0.25, -0.2) is 0 Å². The minimum absolute atomic E-state index is 0.371. The molecule has 0 spiro atoms. The van der Waals surface area contributed by atoms with E-state index in [1.165, 1.54) is 0 Å². The van der Waals surface area contributed by atoms with E-state index in [0.29, 0.717) is 37.6 Å². The second kappa shape index (κ2) is 8.95. The zero-order valence-electron chi connectivity index (χ0n) is 12.4. The number of hydrogen-bond acceptors (Lipinski definition) is 5. The standard InChI is InChI=1S/C15H21N3O3/c1-12(15(17)19)18(7-9-20-2)8-10-21-14-5-3-13(11-16)4-6-14/h3-6,12H,7-10H2,1-2H3,(H2,17,19). The molecule has 0 aliphatic rings. The molecule has 1 amide bonds. The number of carbonyl (C=O) groups is 1. The number of nitrogens with zero attached hydrogens (tertiary/aromatic N) is 2. The molecule has 1 unspecified atom stereocenters. The zero-order chi connectivity index (χ0) is 15.7. The number of amides is 1. The van der Waals surface area contributed by atoms with Crippen LogP contribution in [0.5, 0.6) is 5.75 Å². The van der Waals surface area contributed by atoms with Gasteiger partial charge in [-0.2, -0.15) is 5.26 Å². The van der Waals surface area contributed by atoms with E-state index in [9.17, 15) is 4.79 Å². The third kappa shape index (κ3) is 5.81. The Labute approximate surface area is 125 Å². The van der Waals surface area contributed by atoms with E-state index in [-0.39, 0.29) is 11.9 Å². The van der Waals surface area contributed by atoms with Gasteiger partial charge in [-0.05, 0) is 31.2 Å². The summed E-state index contributed by atoms with van der Waals surface area (Å²) >= 11 is 0. The molecule has 0 fully saturated rings. The monoisotopic (exact) mass is 291 g/mol. The number of ether oxygens (including phenoxy) is 2. The van der Waals surface area contributed by atoms with Crippen LogP contribution in [-0.4, -0.2) is 50.3 Å². The number of benzene rings is 1. The molecular formula is C15H21N3O3. The highest BCUT2D eigenvalue weighted by Gasteiger charge is 2.18. The predicted octanol–water partition coefficient (Wildman–Crippen LogP) is 0.759. The van der Waals surface area contributed by atoms with Gasteiger partial charge in [-0.3, -0.25) is 9.69 Å². The highest BCUT2D eigenvalue weighted by molar-refractivity contribution is 5.79. The molecule has 0 aliphatic heterocycles. The number of primary amides is 1. The molecule has 6 heteroatoms. The van der Waals surface area contributed by atoms with Crippen LogP contribution in [0, 0.1) is 11.3 Å². The summed E-state index contributed by atoms with van der Waals surface area (Å²) in [5.74, 6) is 0.317. The van der Waals surface area contributed by atoms with Gasteiger partial charge in [0.05, 0.1) is 24.3 Å². The first-order valence-electron chi connectivity index (χ1n) is 6.73. The van der Waals surface area contributed by atoms with E-state index in [4.69, 9.17) is 20.5 Å². The van der Waals surface area contributed by atoms with E-state index in [1.807, 2.05) is 4.90 Å². The third-order valence-electron chi connectivity index (χ3n) is 3.17. The molecule has 0 heterocycles. The topological polar surface area (TPSA) is 88.6 Å². The molecule has 21 heavy (non-hydrogen) atoms. The Morgan fingerprint density at radius 2 is 1.95 bits per heavy atom. The summed E-state index contributed by atoms with van der Waals surface area (Å²) in [6.07, 6.45) is 0. The van der Waals surface area contributed by atoms with Crippen LogP contribution in [0.1, 0.15) is 12.5 Å². The summed E-state index contributed by atoms with van der Waals surface area (Å²) in [6.45, 7) is 3.88. The van der Waals surface area contributed by atoms with Crippen LogP contribution >= 0.6 is 0 Å². The summed E-state index contributed by atoms with van der Waals surface area (Å²) in [6, 6.07) is 8.57. The quantitative estimate of drug-likeness (QED) is 0.725. The first-order valence-corrected chi connectivity index (χ1v) is 6.73. The molecule has 2 N–H and O–H groups in total. The molecule has 0 aliphatic carbocycles. The fourth-order valence-corrected chi connectivity index (χ4v) is 1.79. The van der Waals surface area contributed by atoms with Crippen LogP contribution in [0.25, 0.3) is 0 Å². The van der Waals surface area contributed by atoms with Crippen molar-refractivity contribution in [2.75, 3.05) is 33.4 Å². The Balaban J connectivity index is 2.48. The van der Waals surface area contributed by atoms with Gasteiger partial charge >= 0.3 is 0 Å². The van der Waals surface area contributed by atoms with Gasteiger partial charge in [-0.1, -0.05) is 0 Å². The van der Waals surface area contributed by atoms with Crippen molar-refractivity contribution < 1.29 is 14.3 Å². The second-order valence-electron chi connectivity index (χ2n) is 4.59. The van der Waals surface area contributed by atoms with Gasteiger partial charge in [0.25, 0.3) is 0 Å². The van der Waals surface area contributed by atoms with Crippen LogP contribution < -0.4 is 10.5 Å². The van der Waals surface area contributed by atoms with Crippen molar-refractivity contribution in [2.24, 2.45) is 5.73 Å². The summed E-state index contributed by atoms with van der Waals surface area (Å²) in [7, 11) is 1.61. The minimum Gasteiger partial charge on any atom is -0.492 e. The molecule has 1 aromatic rings. The van der Waals surface area contributed by atoms with E-state index in [2.05, 4.69) is 6.07 Å². The van der Waals surface area contributed by atoms with Crippen LogP contribution in [-0.2, 0) is 9.53 Å². The molecule has 0 aromatic heterocycles. The van der Waals surface area contributed by atoms with Gasteiger partial charge < -0.3 is 15.2 Å². The molecule has 1 aromatic carbocycles. The number of hydrogen-bond donors (Lipinski definition) is 1. The molecule has 6 nitrogen and oxygen atoms in total. The summed E-state index contributed by atoms with van der Waals surface area (Å²) in [5, 5.41) is 8.72. The lowest BCUT2D eigenvalue weighted by atomic mass is 10.2. The van der Waals surface area contributed by atoms with Crippen molar-refractivity contribution in [3.63, 3.8) is 0 Å². The maximum absolute atomic E-state index is 11.3. The third-order valence-corrected chi connectivity index (χ3v) is 3.17. The lowest BCUT2D eigenvalue weighted by molar-refractivity contribution is -0.123. The molecule has 0 radical (unpaired) electrons. The molecule has 1 atom stereocenters. The first-order chi connectivity index (χ1) is 10.1. The van der Waals surface area contributed by atoms with E-state index in [1.54, 1.807) is 38.3 Å². The van der Waals surface area contributed by atoms with Gasteiger partial charge in [0.15, 0.2) is 0 Å². The minimum atomic E-state index is -0.371. The highest BCUT2D eigenvalue weighted by atomic mass is 16.5. The van der Waals surface area contributed by atoms with Crippen molar-refractivity contribution in [1.29, 1.82) is 5.26 Å². The SMILES string of the molecule is COCCN(CCOc1ccc(C#N)cc1)C(C)C(N)=O. The number of methoxy groups -OCH3 is 1. The van der Waals surface area contributed by atoms with Gasteiger partial charge in [-0.15, -0.1) is 0 Å². The fourth-order valence-electron chi connectivity index (χ4n) is 1.79. The highest BCUT2D eigenvalue weighted by Crippen LogP contribution is 2.11. The molecule has 114 valence electrons. The average Bonchev–Trinajstić information content (AvgIpc) is 2.50. The van der Waals surface area contributed by atoms with Crippen molar-refractivity contribution >= 4 is 5.91 Å². The molecule has 0 bridgehead atoms. The molecule has 0 saturated heterocycles. The van der Waals surface area contributed by atoms with Crippen LogP contribution in [0.4, 0.5) is 0 Å². The predicted molar refractivity (Wildman–Crippen MR) is 78.8 cm³/mol. The van der Waals surface area contributed by atoms with Crippen LogP contribution in [0.3, 0.4) is 0 Å². The number of rotatable bonds is 9. The van der Waals surface area contributed by atoms with Crippen LogP contribution in [0.15, 0.2) is 24.3 Å².